The van der Waals surface area contributed by atoms with E-state index in [1.54, 1.807) is 43.5 Å². The van der Waals surface area contributed by atoms with E-state index in [4.69, 9.17) is 0 Å². The van der Waals surface area contributed by atoms with E-state index in [-0.39, 0.29) is 18.0 Å². The summed E-state index contributed by atoms with van der Waals surface area (Å²) in [7, 11) is -2.10. The Labute approximate surface area is 124 Å². The Kier molecular flexibility index (Phi) is 4.72. The molecular weight excluding hydrogens is 288 g/mol. The number of aliphatic hydroxyl groups excluding tert-OH is 1. The van der Waals surface area contributed by atoms with E-state index in [1.807, 2.05) is 6.07 Å². The summed E-state index contributed by atoms with van der Waals surface area (Å²) >= 11 is 0. The molecule has 0 spiro atoms. The van der Waals surface area contributed by atoms with Gasteiger partial charge in [0.25, 0.3) is 0 Å². The van der Waals surface area contributed by atoms with Crippen LogP contribution in [0.3, 0.4) is 0 Å². The predicted molar refractivity (Wildman–Crippen MR) is 80.0 cm³/mol. The summed E-state index contributed by atoms with van der Waals surface area (Å²) in [5, 5.41) is 9.26. The first kappa shape index (κ1) is 15.6. The minimum Gasteiger partial charge on any atom is -0.392 e. The molecule has 0 aliphatic heterocycles. The Balaban J connectivity index is 2.34. The van der Waals surface area contributed by atoms with Gasteiger partial charge in [-0.2, -0.15) is 4.31 Å². The van der Waals surface area contributed by atoms with Crippen LogP contribution in [0.25, 0.3) is 0 Å². The molecule has 0 saturated heterocycles. The molecular formula is C15H18N2O3S. The SMILES string of the molecule is Cc1c(CO)cccc1S(=O)(=O)N(C)Cc1ccccn1. The standard InChI is InChI=1S/C15H18N2O3S/c1-12-13(11-18)6-5-8-15(12)21(19,20)17(2)10-14-7-3-4-9-16-14/h3-9,18H,10-11H2,1-2H3. The van der Waals surface area contributed by atoms with E-state index in [2.05, 4.69) is 4.98 Å². The van der Waals surface area contributed by atoms with E-state index < -0.39 is 10.0 Å². The lowest BCUT2D eigenvalue weighted by Gasteiger charge is -2.19. The Morgan fingerprint density at radius 1 is 1.19 bits per heavy atom. The second kappa shape index (κ2) is 6.34. The lowest BCUT2D eigenvalue weighted by atomic mass is 10.1. The molecule has 1 aromatic carbocycles. The summed E-state index contributed by atoms with van der Waals surface area (Å²) < 4.78 is 26.5. The maximum absolute atomic E-state index is 12.6. The van der Waals surface area contributed by atoms with E-state index in [0.717, 1.165) is 0 Å². The van der Waals surface area contributed by atoms with E-state index in [9.17, 15) is 13.5 Å². The average molecular weight is 306 g/mol. The summed E-state index contributed by atoms with van der Waals surface area (Å²) in [6.07, 6.45) is 1.63. The zero-order valence-corrected chi connectivity index (χ0v) is 12.8. The molecule has 0 saturated carbocycles. The van der Waals surface area contributed by atoms with Gasteiger partial charge in [-0.05, 0) is 36.2 Å². The van der Waals surface area contributed by atoms with Crippen molar-refractivity contribution in [2.45, 2.75) is 25.0 Å². The second-order valence-corrected chi connectivity index (χ2v) is 6.79. The molecule has 0 atom stereocenters. The first-order valence-corrected chi connectivity index (χ1v) is 7.96. The van der Waals surface area contributed by atoms with Gasteiger partial charge in [-0.15, -0.1) is 0 Å². The van der Waals surface area contributed by atoms with Crippen LogP contribution in [0.5, 0.6) is 0 Å². The van der Waals surface area contributed by atoms with Crippen molar-refractivity contribution in [3.8, 4) is 0 Å². The van der Waals surface area contributed by atoms with Crippen LogP contribution in [-0.2, 0) is 23.2 Å². The van der Waals surface area contributed by atoms with Gasteiger partial charge >= 0.3 is 0 Å². The molecule has 5 nitrogen and oxygen atoms in total. The number of hydrogen-bond acceptors (Lipinski definition) is 4. The molecule has 6 heteroatoms. The highest BCUT2D eigenvalue weighted by Crippen LogP contribution is 2.22. The van der Waals surface area contributed by atoms with Crippen LogP contribution in [0.1, 0.15) is 16.8 Å². The van der Waals surface area contributed by atoms with Crippen molar-refractivity contribution in [3.63, 3.8) is 0 Å². The van der Waals surface area contributed by atoms with Crippen LogP contribution < -0.4 is 0 Å². The lowest BCUT2D eigenvalue weighted by molar-refractivity contribution is 0.280. The Hall–Kier alpha value is -1.76. The third-order valence-electron chi connectivity index (χ3n) is 3.37. The van der Waals surface area contributed by atoms with Crippen molar-refractivity contribution in [2.24, 2.45) is 0 Å². The maximum atomic E-state index is 12.6. The van der Waals surface area contributed by atoms with Gasteiger partial charge in [0.15, 0.2) is 0 Å². The molecule has 112 valence electrons. The largest absolute Gasteiger partial charge is 0.392 e. The number of rotatable bonds is 5. The molecule has 2 aromatic rings. The number of sulfonamides is 1. The van der Waals surface area contributed by atoms with Gasteiger partial charge in [0.05, 0.1) is 23.7 Å². The van der Waals surface area contributed by atoms with Crippen LogP contribution in [0.4, 0.5) is 0 Å². The number of nitrogens with zero attached hydrogens (tertiary/aromatic N) is 2. The quantitative estimate of drug-likeness (QED) is 0.913. The summed E-state index contributed by atoms with van der Waals surface area (Å²) in [6, 6.07) is 10.3. The first-order chi connectivity index (χ1) is 9.96. The fraction of sp³-hybridized carbons (Fsp3) is 0.267. The zero-order valence-electron chi connectivity index (χ0n) is 12.0. The molecule has 0 fully saturated rings. The highest BCUT2D eigenvalue weighted by Gasteiger charge is 2.24. The number of hydrogen-bond donors (Lipinski definition) is 1. The molecule has 0 unspecified atom stereocenters. The van der Waals surface area contributed by atoms with Gasteiger partial charge in [0, 0.05) is 13.2 Å². The molecule has 1 heterocycles. The van der Waals surface area contributed by atoms with Crippen molar-refractivity contribution in [2.75, 3.05) is 7.05 Å². The van der Waals surface area contributed by atoms with Crippen LogP contribution in [0, 0.1) is 6.92 Å². The van der Waals surface area contributed by atoms with Gasteiger partial charge in [0.2, 0.25) is 10.0 Å². The van der Waals surface area contributed by atoms with Gasteiger partial charge in [-0.1, -0.05) is 18.2 Å². The molecule has 0 amide bonds. The van der Waals surface area contributed by atoms with Crippen molar-refractivity contribution in [1.29, 1.82) is 0 Å². The van der Waals surface area contributed by atoms with Gasteiger partial charge < -0.3 is 5.11 Å². The number of benzene rings is 1. The Morgan fingerprint density at radius 2 is 1.95 bits per heavy atom. The topological polar surface area (TPSA) is 70.5 Å². The summed E-state index contributed by atoms with van der Waals surface area (Å²) in [4.78, 5) is 4.35. The molecule has 1 N–H and O–H groups in total. The first-order valence-electron chi connectivity index (χ1n) is 6.52. The molecule has 0 radical (unpaired) electrons. The van der Waals surface area contributed by atoms with Crippen LogP contribution in [0.15, 0.2) is 47.5 Å². The van der Waals surface area contributed by atoms with Gasteiger partial charge in [-0.25, -0.2) is 8.42 Å². The second-order valence-electron chi connectivity index (χ2n) is 4.78. The van der Waals surface area contributed by atoms with Crippen molar-refractivity contribution in [1.82, 2.24) is 9.29 Å². The number of aromatic nitrogens is 1. The predicted octanol–water partition coefficient (Wildman–Crippen LogP) is 1.70. The minimum absolute atomic E-state index is 0.181. The smallest absolute Gasteiger partial charge is 0.243 e. The number of pyridine rings is 1. The summed E-state index contributed by atoms with van der Waals surface area (Å²) in [6.45, 7) is 1.72. The van der Waals surface area contributed by atoms with Gasteiger partial charge in [0.1, 0.15) is 0 Å². The molecule has 2 rings (SSSR count). The van der Waals surface area contributed by atoms with E-state index in [0.29, 0.717) is 16.8 Å². The Bertz CT molecular complexity index is 715. The molecule has 1 aromatic heterocycles. The van der Waals surface area contributed by atoms with Crippen molar-refractivity contribution < 1.29 is 13.5 Å². The highest BCUT2D eigenvalue weighted by molar-refractivity contribution is 7.89. The fourth-order valence-corrected chi connectivity index (χ4v) is 3.49. The molecule has 21 heavy (non-hydrogen) atoms. The van der Waals surface area contributed by atoms with Gasteiger partial charge in [-0.3, -0.25) is 4.98 Å². The average Bonchev–Trinajstić information content (AvgIpc) is 2.48. The van der Waals surface area contributed by atoms with Crippen LogP contribution in [0.2, 0.25) is 0 Å². The minimum atomic E-state index is -3.62. The van der Waals surface area contributed by atoms with Crippen LogP contribution >= 0.6 is 0 Å². The number of aliphatic hydroxyl groups is 1. The van der Waals surface area contributed by atoms with Crippen molar-refractivity contribution in [3.05, 3.63) is 59.4 Å². The monoisotopic (exact) mass is 306 g/mol. The fourth-order valence-electron chi connectivity index (χ4n) is 2.08. The third-order valence-corrected chi connectivity index (χ3v) is 5.31. The summed E-state index contributed by atoms with van der Waals surface area (Å²) in [5.41, 5.74) is 1.87. The Morgan fingerprint density at radius 3 is 2.57 bits per heavy atom. The summed E-state index contributed by atoms with van der Waals surface area (Å²) in [5.74, 6) is 0. The normalized spacial score (nSPS) is 11.8. The zero-order chi connectivity index (χ0) is 15.5. The maximum Gasteiger partial charge on any atom is 0.243 e. The lowest BCUT2D eigenvalue weighted by Crippen LogP contribution is -2.27. The van der Waals surface area contributed by atoms with Crippen molar-refractivity contribution >= 4 is 10.0 Å². The molecule has 0 bridgehead atoms. The highest BCUT2D eigenvalue weighted by atomic mass is 32.2. The molecule has 0 aliphatic rings. The third kappa shape index (κ3) is 3.29. The molecule has 0 aliphatic carbocycles. The van der Waals surface area contributed by atoms with E-state index >= 15 is 0 Å². The van der Waals surface area contributed by atoms with E-state index in [1.165, 1.54) is 11.4 Å². The van der Waals surface area contributed by atoms with Crippen LogP contribution in [-0.4, -0.2) is 29.9 Å².